The van der Waals surface area contributed by atoms with Gasteiger partial charge in [0.1, 0.15) is 5.69 Å². The van der Waals surface area contributed by atoms with Crippen molar-refractivity contribution in [3.63, 3.8) is 0 Å². The van der Waals surface area contributed by atoms with E-state index in [0.29, 0.717) is 12.2 Å². The number of benzene rings is 1. The average Bonchev–Trinajstić information content (AvgIpc) is 2.87. The summed E-state index contributed by atoms with van der Waals surface area (Å²) < 4.78 is 0. The molecule has 2 N–H and O–H groups in total. The van der Waals surface area contributed by atoms with Crippen LogP contribution in [0.15, 0.2) is 18.2 Å². The van der Waals surface area contributed by atoms with Crippen LogP contribution in [0.2, 0.25) is 0 Å². The number of anilines is 1. The zero-order valence-corrected chi connectivity index (χ0v) is 15.8. The molecule has 0 radical (unpaired) electrons. The number of carbonyl (C=O) groups is 2. The van der Waals surface area contributed by atoms with Crippen LogP contribution in [-0.2, 0) is 4.79 Å². The minimum absolute atomic E-state index is 0.0191. The maximum absolute atomic E-state index is 12.2. The lowest BCUT2D eigenvalue weighted by atomic mass is 10.1. The highest BCUT2D eigenvalue weighted by Crippen LogP contribution is 2.29. The molecule has 8 nitrogen and oxygen atoms in total. The minimum atomic E-state index is -0.521. The third kappa shape index (κ3) is 4.50. The molecule has 1 aliphatic rings. The van der Waals surface area contributed by atoms with Crippen molar-refractivity contribution in [2.45, 2.75) is 58.7 Å². The molecule has 2 rings (SSSR count). The summed E-state index contributed by atoms with van der Waals surface area (Å²) in [6, 6.07) is 4.06. The molecule has 0 spiro atoms. The van der Waals surface area contributed by atoms with Crippen molar-refractivity contribution in [1.82, 2.24) is 10.2 Å². The minimum Gasteiger partial charge on any atom is -0.374 e. The smallest absolute Gasteiger partial charge is 0.293 e. The van der Waals surface area contributed by atoms with Crippen molar-refractivity contribution in [1.29, 1.82) is 0 Å². The Morgan fingerprint density at radius 3 is 2.50 bits per heavy atom. The average molecular weight is 362 g/mol. The number of rotatable bonds is 5. The lowest BCUT2D eigenvalue weighted by Crippen LogP contribution is -2.43. The highest BCUT2D eigenvalue weighted by molar-refractivity contribution is 5.96. The number of nitrogens with one attached hydrogen (secondary N) is 2. The monoisotopic (exact) mass is 362 g/mol. The molecule has 8 heteroatoms. The topological polar surface area (TPSA) is 105 Å². The first-order chi connectivity index (χ1) is 12.0. The quantitative estimate of drug-likeness (QED) is 0.619. The first kappa shape index (κ1) is 19.7. The van der Waals surface area contributed by atoms with Crippen LogP contribution in [0.3, 0.4) is 0 Å². The maximum Gasteiger partial charge on any atom is 0.293 e. The molecule has 0 bridgehead atoms. The molecule has 1 aromatic carbocycles. The summed E-state index contributed by atoms with van der Waals surface area (Å²) >= 11 is 0. The standard InChI is InChI=1S/C18H26N4O4/c1-11(2)19-17(24)12-6-7-14(15(8-12)22(25)26)20-13-9-16(23)21(10-13)18(3,4)5/h6-8,11,13,20H,9-10H2,1-5H3,(H,19,24). The van der Waals surface area contributed by atoms with Gasteiger partial charge in [0.15, 0.2) is 0 Å². The molecule has 1 aromatic rings. The number of nitrogens with zero attached hydrogens (tertiary/aromatic N) is 2. The van der Waals surface area contributed by atoms with E-state index in [1.165, 1.54) is 12.1 Å². The van der Waals surface area contributed by atoms with Gasteiger partial charge >= 0.3 is 0 Å². The third-order valence-electron chi connectivity index (χ3n) is 4.17. The van der Waals surface area contributed by atoms with Gasteiger partial charge < -0.3 is 15.5 Å². The summed E-state index contributed by atoms with van der Waals surface area (Å²) in [6.45, 7) is 9.99. The molecule has 0 saturated carbocycles. The number of nitro benzene ring substituents is 1. The van der Waals surface area contributed by atoms with E-state index in [2.05, 4.69) is 10.6 Å². The summed E-state index contributed by atoms with van der Waals surface area (Å²) in [7, 11) is 0. The molecule has 0 aliphatic carbocycles. The van der Waals surface area contributed by atoms with E-state index in [1.54, 1.807) is 11.0 Å². The Balaban J connectivity index is 2.21. The van der Waals surface area contributed by atoms with Crippen molar-refractivity contribution in [3.8, 4) is 0 Å². The molecule has 1 atom stereocenters. The van der Waals surface area contributed by atoms with Crippen LogP contribution < -0.4 is 10.6 Å². The van der Waals surface area contributed by atoms with Crippen LogP contribution >= 0.6 is 0 Å². The molecule has 1 aliphatic heterocycles. The maximum atomic E-state index is 12.2. The van der Waals surface area contributed by atoms with E-state index in [1.807, 2.05) is 34.6 Å². The molecule has 2 amide bonds. The second-order valence-corrected chi connectivity index (χ2v) is 7.84. The third-order valence-corrected chi connectivity index (χ3v) is 4.17. The number of hydrogen-bond donors (Lipinski definition) is 2. The SMILES string of the molecule is CC(C)NC(=O)c1ccc(NC2CC(=O)N(C(C)(C)C)C2)c([N+](=O)[O-])c1. The fourth-order valence-electron chi connectivity index (χ4n) is 2.96. The number of carbonyl (C=O) groups excluding carboxylic acids is 2. The molecular weight excluding hydrogens is 336 g/mol. The molecule has 1 fully saturated rings. The van der Waals surface area contributed by atoms with E-state index in [0.717, 1.165) is 0 Å². The second-order valence-electron chi connectivity index (χ2n) is 7.84. The van der Waals surface area contributed by atoms with Gasteiger partial charge in [-0.05, 0) is 46.8 Å². The zero-order chi connectivity index (χ0) is 19.6. The van der Waals surface area contributed by atoms with E-state index in [4.69, 9.17) is 0 Å². The summed E-state index contributed by atoms with van der Waals surface area (Å²) in [5.74, 6) is -0.338. The Labute approximate surface area is 153 Å². The summed E-state index contributed by atoms with van der Waals surface area (Å²) in [6.07, 6.45) is 0.282. The van der Waals surface area contributed by atoms with Crippen LogP contribution in [0.25, 0.3) is 0 Å². The molecule has 0 aromatic heterocycles. The molecule has 142 valence electrons. The zero-order valence-electron chi connectivity index (χ0n) is 15.8. The number of hydrogen-bond acceptors (Lipinski definition) is 5. The van der Waals surface area contributed by atoms with Gasteiger partial charge in [-0.15, -0.1) is 0 Å². The van der Waals surface area contributed by atoms with Crippen LogP contribution in [0, 0.1) is 10.1 Å². The fraction of sp³-hybridized carbons (Fsp3) is 0.556. The lowest BCUT2D eigenvalue weighted by Gasteiger charge is -2.32. The fourth-order valence-corrected chi connectivity index (χ4v) is 2.96. The van der Waals surface area contributed by atoms with Crippen LogP contribution in [0.5, 0.6) is 0 Å². The summed E-state index contributed by atoms with van der Waals surface area (Å²) in [5.41, 5.74) is 0.0700. The normalized spacial score (nSPS) is 17.5. The van der Waals surface area contributed by atoms with Gasteiger partial charge in [0.05, 0.1) is 11.0 Å². The van der Waals surface area contributed by atoms with Crippen LogP contribution in [0.1, 0.15) is 51.4 Å². The van der Waals surface area contributed by atoms with Crippen LogP contribution in [0.4, 0.5) is 11.4 Å². The highest BCUT2D eigenvalue weighted by Gasteiger charge is 2.36. The first-order valence-electron chi connectivity index (χ1n) is 8.65. The van der Waals surface area contributed by atoms with E-state index in [-0.39, 0.29) is 47.1 Å². The van der Waals surface area contributed by atoms with Gasteiger partial charge in [0.25, 0.3) is 11.6 Å². The molecular formula is C18H26N4O4. The Kier molecular flexibility index (Phi) is 5.53. The van der Waals surface area contributed by atoms with Crippen molar-refractivity contribution in [2.75, 3.05) is 11.9 Å². The van der Waals surface area contributed by atoms with E-state index >= 15 is 0 Å². The molecule has 1 unspecified atom stereocenters. The predicted molar refractivity (Wildman–Crippen MR) is 99.2 cm³/mol. The van der Waals surface area contributed by atoms with Gasteiger partial charge in [0.2, 0.25) is 5.91 Å². The molecule has 26 heavy (non-hydrogen) atoms. The van der Waals surface area contributed by atoms with Crippen molar-refractivity contribution >= 4 is 23.2 Å². The van der Waals surface area contributed by atoms with Crippen molar-refractivity contribution in [3.05, 3.63) is 33.9 Å². The van der Waals surface area contributed by atoms with Gasteiger partial charge in [-0.3, -0.25) is 19.7 Å². The molecule has 1 heterocycles. The Morgan fingerprint density at radius 2 is 2.00 bits per heavy atom. The van der Waals surface area contributed by atoms with Gasteiger partial charge in [-0.1, -0.05) is 0 Å². The second kappa shape index (κ2) is 7.31. The lowest BCUT2D eigenvalue weighted by molar-refractivity contribution is -0.384. The van der Waals surface area contributed by atoms with Gasteiger partial charge in [-0.2, -0.15) is 0 Å². The van der Waals surface area contributed by atoms with E-state index < -0.39 is 4.92 Å². The largest absolute Gasteiger partial charge is 0.374 e. The predicted octanol–water partition coefficient (Wildman–Crippen LogP) is 2.54. The summed E-state index contributed by atoms with van der Waals surface area (Å²) in [5, 5.41) is 17.2. The highest BCUT2D eigenvalue weighted by atomic mass is 16.6. The van der Waals surface area contributed by atoms with E-state index in [9.17, 15) is 19.7 Å². The number of amides is 2. The Hall–Kier alpha value is -2.64. The number of likely N-dealkylation sites (tertiary alicyclic amines) is 1. The number of nitro groups is 1. The van der Waals surface area contributed by atoms with Crippen molar-refractivity contribution in [2.24, 2.45) is 0 Å². The Morgan fingerprint density at radius 1 is 1.35 bits per heavy atom. The Bertz CT molecular complexity index is 724. The first-order valence-corrected chi connectivity index (χ1v) is 8.65. The molecule has 1 saturated heterocycles. The van der Waals surface area contributed by atoms with Gasteiger partial charge in [0, 0.05) is 36.2 Å². The van der Waals surface area contributed by atoms with Gasteiger partial charge in [-0.25, -0.2) is 0 Å². The van der Waals surface area contributed by atoms with Crippen molar-refractivity contribution < 1.29 is 14.5 Å². The summed E-state index contributed by atoms with van der Waals surface area (Å²) in [4.78, 5) is 36.9. The van der Waals surface area contributed by atoms with Crippen LogP contribution in [-0.4, -0.2) is 45.8 Å².